The number of nitrogens with one attached hydrogen (secondary N) is 1. The molecule has 1 aliphatic heterocycles. The van der Waals surface area contributed by atoms with Gasteiger partial charge in [-0.3, -0.25) is 4.79 Å². The molecule has 0 aromatic carbocycles. The van der Waals surface area contributed by atoms with Crippen LogP contribution in [0.15, 0.2) is 42.9 Å². The quantitative estimate of drug-likeness (QED) is 0.661. The van der Waals surface area contributed by atoms with Crippen LogP contribution < -0.4 is 16.0 Å². The number of aromatic nitrogens is 4. The predicted octanol–water partition coefficient (Wildman–Crippen LogP) is 2.20. The molecule has 1 amide bonds. The van der Waals surface area contributed by atoms with Crippen molar-refractivity contribution in [2.75, 3.05) is 23.3 Å². The first kappa shape index (κ1) is 19.2. The summed E-state index contributed by atoms with van der Waals surface area (Å²) < 4.78 is 13.5. The summed E-state index contributed by atoms with van der Waals surface area (Å²) in [5.41, 5.74) is 7.49. The zero-order valence-electron chi connectivity index (χ0n) is 15.8. The zero-order valence-corrected chi connectivity index (χ0v) is 15.8. The van der Waals surface area contributed by atoms with Crippen molar-refractivity contribution in [2.24, 2.45) is 5.73 Å². The van der Waals surface area contributed by atoms with Gasteiger partial charge in [0.15, 0.2) is 0 Å². The Morgan fingerprint density at radius 2 is 2.13 bits per heavy atom. The van der Waals surface area contributed by atoms with E-state index >= 15 is 0 Å². The minimum Gasteiger partial charge on any atom is -0.364 e. The van der Waals surface area contributed by atoms with Gasteiger partial charge in [-0.05, 0) is 30.7 Å². The molecule has 0 spiro atoms. The van der Waals surface area contributed by atoms with E-state index in [2.05, 4.69) is 31.3 Å². The fourth-order valence-electron chi connectivity index (χ4n) is 3.16. The highest BCUT2D eigenvalue weighted by Gasteiger charge is 2.25. The van der Waals surface area contributed by atoms with E-state index in [0.717, 1.165) is 0 Å². The Bertz CT molecular complexity index is 1130. The fraction of sp³-hybridized carbons (Fsp3) is 0.200. The summed E-state index contributed by atoms with van der Waals surface area (Å²) in [6.45, 7) is 0.775. The highest BCUT2D eigenvalue weighted by molar-refractivity contribution is 5.90. The molecule has 150 valence electrons. The molecule has 30 heavy (non-hydrogen) atoms. The van der Waals surface area contributed by atoms with Crippen LogP contribution in [0.5, 0.6) is 0 Å². The van der Waals surface area contributed by atoms with Gasteiger partial charge in [0.1, 0.15) is 23.8 Å². The summed E-state index contributed by atoms with van der Waals surface area (Å²) >= 11 is 0. The van der Waals surface area contributed by atoms with Crippen LogP contribution in [-0.4, -0.2) is 45.1 Å². The van der Waals surface area contributed by atoms with Crippen molar-refractivity contribution in [3.8, 4) is 17.3 Å². The van der Waals surface area contributed by atoms with Crippen LogP contribution in [-0.2, 0) is 0 Å². The van der Waals surface area contributed by atoms with Gasteiger partial charge in [-0.1, -0.05) is 0 Å². The number of carbonyl (C=O) groups is 1. The molecule has 3 N–H and O–H groups in total. The molecule has 0 saturated carbocycles. The van der Waals surface area contributed by atoms with Crippen LogP contribution in [0.2, 0.25) is 0 Å². The topological polar surface area (TPSA) is 134 Å². The van der Waals surface area contributed by atoms with Crippen molar-refractivity contribution in [3.63, 3.8) is 0 Å². The first-order chi connectivity index (χ1) is 14.5. The number of hydrogen-bond acceptors (Lipinski definition) is 8. The second-order valence-corrected chi connectivity index (χ2v) is 6.73. The third-order valence-corrected chi connectivity index (χ3v) is 4.64. The third kappa shape index (κ3) is 4.00. The number of halogens is 1. The Balaban J connectivity index is 1.57. The molecule has 10 heteroatoms. The SMILES string of the molecule is N#Cc1cc(-c2ccnc(Nc3ccc(C(N)=O)nc3)n2)cnc1N1CCC(F)C1. The number of nitrogens with zero attached hydrogens (tertiary/aromatic N) is 6. The van der Waals surface area contributed by atoms with Gasteiger partial charge >= 0.3 is 0 Å². The maximum atomic E-state index is 13.5. The standard InChI is InChI=1S/C20H17FN8O/c21-14-4-6-29(11-14)19-12(8-22)7-13(9-26-19)16-3-5-24-20(28-16)27-15-1-2-17(18(23)30)25-10-15/h1-3,5,7,9-10,14H,4,6,11H2,(H2,23,30)(H,24,27,28). The lowest BCUT2D eigenvalue weighted by Gasteiger charge is -2.18. The third-order valence-electron chi connectivity index (χ3n) is 4.64. The van der Waals surface area contributed by atoms with E-state index < -0.39 is 12.1 Å². The highest BCUT2D eigenvalue weighted by atomic mass is 19.1. The van der Waals surface area contributed by atoms with E-state index in [9.17, 15) is 14.4 Å². The number of primary amides is 1. The molecule has 1 fully saturated rings. The Labute approximate surface area is 171 Å². The lowest BCUT2D eigenvalue weighted by atomic mass is 10.1. The van der Waals surface area contributed by atoms with Crippen LogP contribution in [0.25, 0.3) is 11.3 Å². The van der Waals surface area contributed by atoms with Gasteiger partial charge < -0.3 is 16.0 Å². The maximum Gasteiger partial charge on any atom is 0.267 e. The normalized spacial score (nSPS) is 15.6. The summed E-state index contributed by atoms with van der Waals surface area (Å²) in [7, 11) is 0. The summed E-state index contributed by atoms with van der Waals surface area (Å²) in [6.07, 6.45) is 4.17. The van der Waals surface area contributed by atoms with Gasteiger partial charge in [0.05, 0.1) is 29.7 Å². The van der Waals surface area contributed by atoms with Crippen molar-refractivity contribution < 1.29 is 9.18 Å². The molecule has 9 nitrogen and oxygen atoms in total. The van der Waals surface area contributed by atoms with E-state index in [1.54, 1.807) is 35.5 Å². The minimum absolute atomic E-state index is 0.155. The molecule has 3 aromatic heterocycles. The molecule has 4 heterocycles. The van der Waals surface area contributed by atoms with E-state index in [4.69, 9.17) is 5.73 Å². The minimum atomic E-state index is -0.903. The molecule has 1 atom stereocenters. The maximum absolute atomic E-state index is 13.5. The fourth-order valence-corrected chi connectivity index (χ4v) is 3.16. The summed E-state index contributed by atoms with van der Waals surface area (Å²) in [5, 5.41) is 12.5. The zero-order chi connectivity index (χ0) is 21.1. The van der Waals surface area contributed by atoms with E-state index in [-0.39, 0.29) is 12.2 Å². The van der Waals surface area contributed by atoms with Crippen LogP contribution in [0, 0.1) is 11.3 Å². The van der Waals surface area contributed by atoms with Crippen LogP contribution in [0.1, 0.15) is 22.5 Å². The van der Waals surface area contributed by atoms with E-state index in [1.165, 1.54) is 12.3 Å². The second-order valence-electron chi connectivity index (χ2n) is 6.73. The lowest BCUT2D eigenvalue weighted by molar-refractivity contribution is 0.0995. The van der Waals surface area contributed by atoms with Gasteiger partial charge in [0.2, 0.25) is 5.95 Å². The average Bonchev–Trinajstić information content (AvgIpc) is 3.20. The smallest absolute Gasteiger partial charge is 0.267 e. The number of nitriles is 1. The highest BCUT2D eigenvalue weighted by Crippen LogP contribution is 2.27. The first-order valence-electron chi connectivity index (χ1n) is 9.19. The average molecular weight is 404 g/mol. The van der Waals surface area contributed by atoms with Gasteiger partial charge in [-0.25, -0.2) is 24.3 Å². The molecule has 1 unspecified atom stereocenters. The summed E-state index contributed by atoms with van der Waals surface area (Å²) in [4.78, 5) is 29.9. The molecule has 1 aliphatic rings. The number of pyridine rings is 2. The molecular weight excluding hydrogens is 387 g/mol. The Kier molecular flexibility index (Phi) is 5.17. The van der Waals surface area contributed by atoms with E-state index in [1.807, 2.05) is 0 Å². The van der Waals surface area contributed by atoms with Gasteiger partial charge in [0, 0.05) is 24.5 Å². The molecule has 0 aliphatic carbocycles. The number of amides is 1. The molecule has 4 rings (SSSR count). The Morgan fingerprint density at radius 3 is 2.80 bits per heavy atom. The van der Waals surface area contributed by atoms with Crippen LogP contribution in [0.3, 0.4) is 0 Å². The summed E-state index contributed by atoms with van der Waals surface area (Å²) in [5.74, 6) is 0.179. The van der Waals surface area contributed by atoms with Gasteiger partial charge in [-0.15, -0.1) is 0 Å². The summed E-state index contributed by atoms with van der Waals surface area (Å²) in [6, 6.07) is 8.65. The predicted molar refractivity (Wildman–Crippen MR) is 108 cm³/mol. The number of nitrogens with two attached hydrogens (primary N) is 1. The van der Waals surface area contributed by atoms with Crippen molar-refractivity contribution in [3.05, 3.63) is 54.1 Å². The van der Waals surface area contributed by atoms with Crippen LogP contribution in [0.4, 0.5) is 21.8 Å². The van der Waals surface area contributed by atoms with Crippen molar-refractivity contribution >= 4 is 23.4 Å². The lowest BCUT2D eigenvalue weighted by Crippen LogP contribution is -2.22. The molecule has 0 radical (unpaired) electrons. The van der Waals surface area contributed by atoms with Crippen molar-refractivity contribution in [2.45, 2.75) is 12.6 Å². The molecular formula is C20H17FN8O. The number of carbonyl (C=O) groups excluding carboxylic acids is 1. The van der Waals surface area contributed by atoms with Crippen molar-refractivity contribution in [1.29, 1.82) is 5.26 Å². The molecule has 1 saturated heterocycles. The largest absolute Gasteiger partial charge is 0.364 e. The monoisotopic (exact) mass is 404 g/mol. The second kappa shape index (κ2) is 8.08. The molecule has 0 bridgehead atoms. The van der Waals surface area contributed by atoms with E-state index in [0.29, 0.717) is 47.2 Å². The number of alkyl halides is 1. The van der Waals surface area contributed by atoms with Crippen molar-refractivity contribution in [1.82, 2.24) is 19.9 Å². The number of hydrogen-bond donors (Lipinski definition) is 2. The molecule has 3 aromatic rings. The van der Waals surface area contributed by atoms with Gasteiger partial charge in [-0.2, -0.15) is 5.26 Å². The Hall–Kier alpha value is -4.13. The first-order valence-corrected chi connectivity index (χ1v) is 9.19. The van der Waals surface area contributed by atoms with Gasteiger partial charge in [0.25, 0.3) is 5.91 Å². The number of anilines is 3. The van der Waals surface area contributed by atoms with Crippen LogP contribution >= 0.6 is 0 Å². The Morgan fingerprint density at radius 1 is 1.27 bits per heavy atom. The number of rotatable bonds is 5.